The number of hydrogen-bond acceptors (Lipinski definition) is 3. The van der Waals surface area contributed by atoms with Crippen LogP contribution in [0.2, 0.25) is 0 Å². The number of benzene rings is 1. The summed E-state index contributed by atoms with van der Waals surface area (Å²) in [6.45, 7) is 5.57. The van der Waals surface area contributed by atoms with Crippen LogP contribution in [0.4, 0.5) is 0 Å². The van der Waals surface area contributed by atoms with Gasteiger partial charge in [-0.2, -0.15) is 0 Å². The van der Waals surface area contributed by atoms with Crippen molar-refractivity contribution >= 4 is 21.7 Å². The Labute approximate surface area is 165 Å². The minimum atomic E-state index is 0.160. The lowest BCUT2D eigenvalue weighted by molar-refractivity contribution is -0.113. The van der Waals surface area contributed by atoms with E-state index in [1.807, 2.05) is 25.3 Å². The Balaban J connectivity index is 1.51. The topological polar surface area (TPSA) is 32.3 Å². The molecule has 0 spiro atoms. The predicted octanol–water partition coefficient (Wildman–Crippen LogP) is 4.49. The molecule has 0 aromatic heterocycles. The minimum absolute atomic E-state index is 0.160. The van der Waals surface area contributed by atoms with Gasteiger partial charge in [-0.1, -0.05) is 36.4 Å². The average molecular weight is 415 g/mol. The number of carbonyl (C=O) groups is 1. The molecule has 0 saturated heterocycles. The number of Topliss-reactive ketones (excluding diaryl/α,β-unsaturated/α-hetero) is 1. The van der Waals surface area contributed by atoms with Crippen molar-refractivity contribution in [3.05, 3.63) is 69.5 Å². The average Bonchev–Trinajstić information content (AvgIpc) is 3.22. The lowest BCUT2D eigenvalue weighted by Gasteiger charge is -2.20. The van der Waals surface area contributed by atoms with Crippen molar-refractivity contribution in [3.63, 3.8) is 0 Å². The van der Waals surface area contributed by atoms with Crippen LogP contribution in [0, 0.1) is 0 Å². The van der Waals surface area contributed by atoms with Crippen LogP contribution in [-0.4, -0.2) is 29.8 Å². The second-order valence-electron chi connectivity index (χ2n) is 7.06. The van der Waals surface area contributed by atoms with Crippen LogP contribution in [-0.2, 0) is 17.6 Å². The Morgan fingerprint density at radius 2 is 2.00 bits per heavy atom. The van der Waals surface area contributed by atoms with Crippen molar-refractivity contribution in [2.45, 2.75) is 45.6 Å². The molecule has 1 heterocycles. The van der Waals surface area contributed by atoms with E-state index in [-0.39, 0.29) is 5.78 Å². The zero-order valence-corrected chi connectivity index (χ0v) is 17.2. The SMILES string of the molecule is C/C=C\C(Br)=C1/CC(C(C)=O)=CN1CCCNC1Cc2ccccc2C1. The maximum atomic E-state index is 11.8. The van der Waals surface area contributed by atoms with Gasteiger partial charge in [-0.15, -0.1) is 0 Å². The summed E-state index contributed by atoms with van der Waals surface area (Å²) in [4.78, 5) is 14.0. The highest BCUT2D eigenvalue weighted by Crippen LogP contribution is 2.31. The highest BCUT2D eigenvalue weighted by molar-refractivity contribution is 9.11. The molecule has 0 fully saturated rings. The van der Waals surface area contributed by atoms with Crippen LogP contribution in [0.15, 0.2) is 58.4 Å². The van der Waals surface area contributed by atoms with Gasteiger partial charge in [-0.05, 0) is 66.7 Å². The monoisotopic (exact) mass is 414 g/mol. The van der Waals surface area contributed by atoms with Crippen LogP contribution >= 0.6 is 15.9 Å². The first-order valence-electron chi connectivity index (χ1n) is 9.38. The molecule has 3 rings (SSSR count). The molecule has 4 heteroatoms. The molecule has 0 saturated carbocycles. The number of allylic oxidation sites excluding steroid dienone is 4. The van der Waals surface area contributed by atoms with Crippen LogP contribution in [0.1, 0.15) is 37.8 Å². The molecule has 1 aliphatic carbocycles. The Kier molecular flexibility index (Phi) is 6.49. The molecule has 0 unspecified atom stereocenters. The quantitative estimate of drug-likeness (QED) is 0.666. The zero-order chi connectivity index (χ0) is 18.5. The van der Waals surface area contributed by atoms with Gasteiger partial charge in [-0.25, -0.2) is 0 Å². The fraction of sp³-hybridized carbons (Fsp3) is 0.409. The number of rotatable bonds is 7. The van der Waals surface area contributed by atoms with E-state index in [9.17, 15) is 4.79 Å². The maximum absolute atomic E-state index is 11.8. The number of ketones is 1. The molecular formula is C22H27BrN2O. The molecule has 0 bridgehead atoms. The van der Waals surface area contributed by atoms with Crippen molar-refractivity contribution in [2.24, 2.45) is 0 Å². The Morgan fingerprint density at radius 1 is 1.31 bits per heavy atom. The summed E-state index contributed by atoms with van der Waals surface area (Å²) in [5.74, 6) is 0.160. The van der Waals surface area contributed by atoms with Gasteiger partial charge in [0.25, 0.3) is 0 Å². The second kappa shape index (κ2) is 8.83. The highest BCUT2D eigenvalue weighted by Gasteiger charge is 2.23. The number of nitrogens with one attached hydrogen (secondary N) is 1. The summed E-state index contributed by atoms with van der Waals surface area (Å²) >= 11 is 3.65. The first-order chi connectivity index (χ1) is 12.6. The minimum Gasteiger partial charge on any atom is -0.350 e. The van der Waals surface area contributed by atoms with Gasteiger partial charge in [0.15, 0.2) is 5.78 Å². The highest BCUT2D eigenvalue weighted by atomic mass is 79.9. The summed E-state index contributed by atoms with van der Waals surface area (Å²) in [6.07, 6.45) is 10.1. The third kappa shape index (κ3) is 4.54. The standard InChI is InChI=1S/C22H27BrN2O/c1-3-7-21(23)22-14-19(16(2)26)15-25(22)11-6-10-24-20-12-17-8-4-5-9-18(17)13-20/h3-5,7-9,15,20,24H,6,10-14H2,1-2H3/b7-3-,22-21-. The van der Waals surface area contributed by atoms with E-state index in [0.29, 0.717) is 12.5 Å². The Morgan fingerprint density at radius 3 is 2.62 bits per heavy atom. The molecule has 1 aromatic rings. The molecule has 1 N–H and O–H groups in total. The smallest absolute Gasteiger partial charge is 0.157 e. The van der Waals surface area contributed by atoms with E-state index in [2.05, 4.69) is 50.4 Å². The fourth-order valence-electron chi connectivity index (χ4n) is 3.73. The zero-order valence-electron chi connectivity index (χ0n) is 15.6. The Bertz CT molecular complexity index is 738. The van der Waals surface area contributed by atoms with Gasteiger partial charge in [-0.3, -0.25) is 4.79 Å². The summed E-state index contributed by atoms with van der Waals surface area (Å²) in [7, 11) is 0. The molecule has 0 atom stereocenters. The number of carbonyl (C=O) groups excluding carboxylic acids is 1. The lowest BCUT2D eigenvalue weighted by Crippen LogP contribution is -2.32. The molecule has 138 valence electrons. The van der Waals surface area contributed by atoms with E-state index in [4.69, 9.17) is 0 Å². The number of hydrogen-bond donors (Lipinski definition) is 1. The molecule has 1 aromatic carbocycles. The third-order valence-electron chi connectivity index (χ3n) is 5.12. The van der Waals surface area contributed by atoms with Crippen molar-refractivity contribution < 1.29 is 4.79 Å². The second-order valence-corrected chi connectivity index (χ2v) is 7.91. The number of fused-ring (bicyclic) bond motifs is 1. The summed E-state index contributed by atoms with van der Waals surface area (Å²) in [6, 6.07) is 9.30. The molecule has 0 radical (unpaired) electrons. The number of halogens is 1. The van der Waals surface area contributed by atoms with Crippen LogP contribution in [0.3, 0.4) is 0 Å². The van der Waals surface area contributed by atoms with E-state index in [1.165, 1.54) is 16.8 Å². The van der Waals surface area contributed by atoms with Gasteiger partial charge in [0.1, 0.15) is 0 Å². The summed E-state index contributed by atoms with van der Waals surface area (Å²) < 4.78 is 1.06. The molecule has 26 heavy (non-hydrogen) atoms. The molecule has 3 nitrogen and oxygen atoms in total. The molecular weight excluding hydrogens is 388 g/mol. The van der Waals surface area contributed by atoms with Crippen molar-refractivity contribution in [3.8, 4) is 0 Å². The van der Waals surface area contributed by atoms with E-state index in [0.717, 1.165) is 42.4 Å². The van der Waals surface area contributed by atoms with Gasteiger partial charge in [0.2, 0.25) is 0 Å². The van der Waals surface area contributed by atoms with Crippen LogP contribution < -0.4 is 5.32 Å². The number of nitrogens with zero attached hydrogens (tertiary/aromatic N) is 1. The van der Waals surface area contributed by atoms with E-state index < -0.39 is 0 Å². The van der Waals surface area contributed by atoms with Gasteiger partial charge in [0.05, 0.1) is 0 Å². The predicted molar refractivity (Wildman–Crippen MR) is 111 cm³/mol. The van der Waals surface area contributed by atoms with Crippen LogP contribution in [0.25, 0.3) is 0 Å². The summed E-state index contributed by atoms with van der Waals surface area (Å²) in [5.41, 5.74) is 5.04. The first-order valence-corrected chi connectivity index (χ1v) is 10.2. The van der Waals surface area contributed by atoms with Crippen molar-refractivity contribution in [1.29, 1.82) is 0 Å². The Hall–Kier alpha value is -1.65. The molecule has 1 aliphatic heterocycles. The molecule has 2 aliphatic rings. The lowest BCUT2D eigenvalue weighted by atomic mass is 10.1. The van der Waals surface area contributed by atoms with Gasteiger partial charge >= 0.3 is 0 Å². The van der Waals surface area contributed by atoms with E-state index in [1.54, 1.807) is 6.92 Å². The van der Waals surface area contributed by atoms with Crippen molar-refractivity contribution in [2.75, 3.05) is 13.1 Å². The van der Waals surface area contributed by atoms with E-state index >= 15 is 0 Å². The molecule has 0 amide bonds. The normalized spacial score (nSPS) is 19.2. The first kappa shape index (κ1) is 19.1. The van der Waals surface area contributed by atoms with Crippen LogP contribution in [0.5, 0.6) is 0 Å². The maximum Gasteiger partial charge on any atom is 0.157 e. The summed E-state index contributed by atoms with van der Waals surface area (Å²) in [5, 5.41) is 3.70. The fourth-order valence-corrected chi connectivity index (χ4v) is 4.36. The van der Waals surface area contributed by atoms with Gasteiger partial charge < -0.3 is 10.2 Å². The van der Waals surface area contributed by atoms with Gasteiger partial charge in [0, 0.05) is 41.0 Å². The van der Waals surface area contributed by atoms with Crippen molar-refractivity contribution in [1.82, 2.24) is 10.2 Å². The third-order valence-corrected chi connectivity index (χ3v) is 5.84. The largest absolute Gasteiger partial charge is 0.350 e.